The highest BCUT2D eigenvalue weighted by Crippen LogP contribution is 2.29. The van der Waals surface area contributed by atoms with E-state index >= 15 is 0 Å². The first kappa shape index (κ1) is 23.3. The summed E-state index contributed by atoms with van der Waals surface area (Å²) in [6.45, 7) is 10.1. The van der Waals surface area contributed by atoms with Gasteiger partial charge in [-0.2, -0.15) is 20.3 Å². The van der Waals surface area contributed by atoms with E-state index in [1.165, 1.54) is 0 Å². The third-order valence-electron chi connectivity index (χ3n) is 5.84. The molecule has 0 aliphatic rings. The van der Waals surface area contributed by atoms with Gasteiger partial charge in [-0.1, -0.05) is 38.1 Å². The molecule has 0 bridgehead atoms. The lowest BCUT2D eigenvalue weighted by molar-refractivity contribution is 0.0937. The quantitative estimate of drug-likeness (QED) is 0.397. The predicted molar refractivity (Wildman–Crippen MR) is 133 cm³/mol. The number of benzene rings is 1. The van der Waals surface area contributed by atoms with Crippen molar-refractivity contribution in [2.24, 2.45) is 0 Å². The Balaban J connectivity index is 1.37. The van der Waals surface area contributed by atoms with Gasteiger partial charge in [0.05, 0.1) is 23.1 Å². The Morgan fingerprint density at radius 1 is 1.08 bits per heavy atom. The van der Waals surface area contributed by atoms with Gasteiger partial charge >= 0.3 is 0 Å². The van der Waals surface area contributed by atoms with Gasteiger partial charge in [0, 0.05) is 34.8 Å². The number of nitrogens with one attached hydrogen (secondary N) is 1. The van der Waals surface area contributed by atoms with E-state index in [2.05, 4.69) is 41.8 Å². The van der Waals surface area contributed by atoms with Crippen LogP contribution in [0.4, 0.5) is 0 Å². The second-order valence-electron chi connectivity index (χ2n) is 9.75. The van der Waals surface area contributed by atoms with Crippen LogP contribution in [0.25, 0.3) is 27.9 Å². The number of nitrogens with zero attached hydrogens (tertiary/aromatic N) is 7. The van der Waals surface area contributed by atoms with Crippen LogP contribution in [0.3, 0.4) is 0 Å². The molecular formula is C26H26N8O2. The summed E-state index contributed by atoms with van der Waals surface area (Å²) in [6.07, 6.45) is 5.24. The van der Waals surface area contributed by atoms with E-state index < -0.39 is 0 Å². The SMILES string of the molecule is Cc1cc(-c2cc3c(-c4ccc(CNC(=O)c5noc(C(C)(C)C)n5)c(C)c4)ncnn3c2)cnn1. The van der Waals surface area contributed by atoms with Gasteiger partial charge in [0.25, 0.3) is 11.7 Å². The summed E-state index contributed by atoms with van der Waals surface area (Å²) in [7, 11) is 0. The average molecular weight is 483 g/mol. The maximum atomic E-state index is 12.5. The summed E-state index contributed by atoms with van der Waals surface area (Å²) in [5.74, 6) is 0.0752. The number of hydrogen-bond donors (Lipinski definition) is 1. The normalized spacial score (nSPS) is 11.7. The average Bonchev–Trinajstić information content (AvgIpc) is 3.51. The summed E-state index contributed by atoms with van der Waals surface area (Å²) in [5.41, 5.74) is 7.14. The highest BCUT2D eigenvalue weighted by molar-refractivity contribution is 5.90. The maximum Gasteiger partial charge on any atom is 0.292 e. The molecular weight excluding hydrogens is 456 g/mol. The number of hydrogen-bond acceptors (Lipinski definition) is 8. The van der Waals surface area contributed by atoms with Crippen LogP contribution >= 0.6 is 0 Å². The first-order valence-electron chi connectivity index (χ1n) is 11.5. The van der Waals surface area contributed by atoms with Crippen LogP contribution in [0.15, 0.2) is 53.6 Å². The number of fused-ring (bicyclic) bond motifs is 1. The molecule has 10 heteroatoms. The molecule has 1 amide bonds. The van der Waals surface area contributed by atoms with Gasteiger partial charge in [-0.3, -0.25) is 4.79 Å². The van der Waals surface area contributed by atoms with Gasteiger partial charge in [-0.15, -0.1) is 0 Å². The van der Waals surface area contributed by atoms with E-state index in [-0.39, 0.29) is 17.1 Å². The molecule has 182 valence electrons. The van der Waals surface area contributed by atoms with E-state index in [0.29, 0.717) is 12.4 Å². The molecule has 0 saturated heterocycles. The first-order chi connectivity index (χ1) is 17.2. The second kappa shape index (κ2) is 8.95. The largest absolute Gasteiger partial charge is 0.345 e. The first-order valence-corrected chi connectivity index (χ1v) is 11.5. The summed E-state index contributed by atoms with van der Waals surface area (Å²) >= 11 is 0. The van der Waals surface area contributed by atoms with Gasteiger partial charge in [-0.05, 0) is 43.2 Å². The van der Waals surface area contributed by atoms with Crippen molar-refractivity contribution >= 4 is 11.4 Å². The molecule has 5 aromatic rings. The van der Waals surface area contributed by atoms with Crippen LogP contribution < -0.4 is 5.32 Å². The molecule has 0 aliphatic carbocycles. The molecule has 4 aromatic heterocycles. The standard InChI is InChI=1S/C26H26N8O2/c1-15-8-17(6-7-18(15)11-27-24(35)23-31-25(36-33-23)26(3,4)5)22-21-10-20(13-34(21)30-14-28-22)19-9-16(2)32-29-12-19/h6-10,12-14H,11H2,1-5H3,(H,27,35). The Morgan fingerprint density at radius 2 is 1.92 bits per heavy atom. The summed E-state index contributed by atoms with van der Waals surface area (Å²) in [6, 6.07) is 10.1. The minimum Gasteiger partial charge on any atom is -0.345 e. The van der Waals surface area contributed by atoms with Crippen LogP contribution in [0.2, 0.25) is 0 Å². The molecule has 0 radical (unpaired) electrons. The van der Waals surface area contributed by atoms with E-state index in [1.54, 1.807) is 12.5 Å². The van der Waals surface area contributed by atoms with Crippen molar-refractivity contribution in [2.75, 3.05) is 0 Å². The molecule has 0 spiro atoms. The number of aromatic nitrogens is 7. The molecule has 1 aromatic carbocycles. The Labute approximate surface area is 207 Å². The lowest BCUT2D eigenvalue weighted by Crippen LogP contribution is -2.24. The Hall–Kier alpha value is -4.47. The Bertz CT molecular complexity index is 1580. The van der Waals surface area contributed by atoms with E-state index in [4.69, 9.17) is 4.52 Å². The Morgan fingerprint density at radius 3 is 2.64 bits per heavy atom. The third-order valence-corrected chi connectivity index (χ3v) is 5.84. The van der Waals surface area contributed by atoms with Gasteiger partial charge in [0.15, 0.2) is 0 Å². The number of rotatable bonds is 5. The van der Waals surface area contributed by atoms with Crippen molar-refractivity contribution < 1.29 is 9.32 Å². The zero-order valence-electron chi connectivity index (χ0n) is 20.8. The lowest BCUT2D eigenvalue weighted by atomic mass is 9.97. The second-order valence-corrected chi connectivity index (χ2v) is 9.75. The Kier molecular flexibility index (Phi) is 5.79. The van der Waals surface area contributed by atoms with Crippen molar-refractivity contribution in [2.45, 2.75) is 46.6 Å². The highest BCUT2D eigenvalue weighted by Gasteiger charge is 2.24. The molecule has 10 nitrogen and oxygen atoms in total. The minimum absolute atomic E-state index is 0.0289. The van der Waals surface area contributed by atoms with Crippen LogP contribution in [-0.2, 0) is 12.0 Å². The molecule has 1 N–H and O–H groups in total. The molecule has 0 fully saturated rings. The zero-order valence-corrected chi connectivity index (χ0v) is 20.8. The number of carbonyl (C=O) groups excluding carboxylic acids is 1. The smallest absolute Gasteiger partial charge is 0.292 e. The fourth-order valence-electron chi connectivity index (χ4n) is 3.86. The summed E-state index contributed by atoms with van der Waals surface area (Å²) in [4.78, 5) is 21.3. The van der Waals surface area contributed by atoms with Crippen LogP contribution in [0.1, 0.15) is 54.1 Å². The zero-order chi connectivity index (χ0) is 25.4. The monoisotopic (exact) mass is 482 g/mol. The molecule has 0 saturated carbocycles. The molecule has 0 unspecified atom stereocenters. The number of aryl methyl sites for hydroxylation is 2. The predicted octanol–water partition coefficient (Wildman–Crippen LogP) is 4.08. The van der Waals surface area contributed by atoms with Gasteiger partial charge < -0.3 is 9.84 Å². The van der Waals surface area contributed by atoms with Crippen molar-refractivity contribution in [1.29, 1.82) is 0 Å². The van der Waals surface area contributed by atoms with Crippen LogP contribution in [0, 0.1) is 13.8 Å². The molecule has 36 heavy (non-hydrogen) atoms. The summed E-state index contributed by atoms with van der Waals surface area (Å²) in [5, 5.41) is 19.1. The molecule has 4 heterocycles. The maximum absolute atomic E-state index is 12.5. The highest BCUT2D eigenvalue weighted by atomic mass is 16.5. The number of amides is 1. The minimum atomic E-state index is -0.378. The van der Waals surface area contributed by atoms with Gasteiger partial charge in [-0.25, -0.2) is 9.50 Å². The van der Waals surface area contributed by atoms with Gasteiger partial charge in [0.2, 0.25) is 5.89 Å². The van der Waals surface area contributed by atoms with E-state index in [0.717, 1.165) is 44.7 Å². The summed E-state index contributed by atoms with van der Waals surface area (Å²) < 4.78 is 7.03. The fourth-order valence-corrected chi connectivity index (χ4v) is 3.86. The van der Waals surface area contributed by atoms with Crippen molar-refractivity contribution in [3.63, 3.8) is 0 Å². The number of carbonyl (C=O) groups is 1. The van der Waals surface area contributed by atoms with Crippen molar-refractivity contribution in [3.8, 4) is 22.4 Å². The van der Waals surface area contributed by atoms with Crippen LogP contribution in [-0.4, -0.2) is 40.8 Å². The molecule has 0 atom stereocenters. The van der Waals surface area contributed by atoms with Crippen molar-refractivity contribution in [1.82, 2.24) is 40.3 Å². The lowest BCUT2D eigenvalue weighted by Gasteiger charge is -2.10. The van der Waals surface area contributed by atoms with Crippen LogP contribution in [0.5, 0.6) is 0 Å². The fraction of sp³-hybridized carbons (Fsp3) is 0.269. The van der Waals surface area contributed by atoms with E-state index in [9.17, 15) is 4.79 Å². The molecule has 5 rings (SSSR count). The molecule has 0 aliphatic heterocycles. The van der Waals surface area contributed by atoms with Crippen molar-refractivity contribution in [3.05, 3.63) is 77.6 Å². The van der Waals surface area contributed by atoms with Gasteiger partial charge in [0.1, 0.15) is 6.33 Å². The van der Waals surface area contributed by atoms with E-state index in [1.807, 2.05) is 69.6 Å². The third kappa shape index (κ3) is 4.57. The topological polar surface area (TPSA) is 124 Å².